The predicted octanol–water partition coefficient (Wildman–Crippen LogP) is 6.79. The van der Waals surface area contributed by atoms with Gasteiger partial charge in [-0.1, -0.05) is 45.4 Å². The zero-order chi connectivity index (χ0) is 24.9. The molecular weight excluding hydrogens is 424 g/mol. The van der Waals surface area contributed by atoms with E-state index < -0.39 is 5.41 Å². The molecule has 3 fully saturated rings. The van der Waals surface area contributed by atoms with Crippen molar-refractivity contribution in [2.45, 2.75) is 86.5 Å². The summed E-state index contributed by atoms with van der Waals surface area (Å²) in [6.07, 6.45) is 13.3. The molecule has 5 rings (SSSR count). The maximum atomic E-state index is 12.8. The predicted molar refractivity (Wildman–Crippen MR) is 133 cm³/mol. The number of ketones is 1. The first kappa shape index (κ1) is 23.6. The molecule has 184 valence electrons. The molecule has 0 spiro atoms. The SMILES string of the molecule is COC(=O)[C@@]1(C)CC[C@]2(C)CC[C@]3(C)C4=CC=C5C(=CC(=O)C(O)=C5C)[C@]4(C)CC[C@@]3(C)[C@@H]2C1. The summed E-state index contributed by atoms with van der Waals surface area (Å²) in [6.45, 7) is 13.7. The molecule has 0 aliphatic heterocycles. The van der Waals surface area contributed by atoms with Crippen molar-refractivity contribution in [2.75, 3.05) is 7.11 Å². The van der Waals surface area contributed by atoms with Gasteiger partial charge in [0.1, 0.15) is 0 Å². The molecule has 4 heteroatoms. The number of methoxy groups -OCH3 is 1. The van der Waals surface area contributed by atoms with Gasteiger partial charge in [0.05, 0.1) is 12.5 Å². The number of allylic oxidation sites excluding steroid dienone is 7. The summed E-state index contributed by atoms with van der Waals surface area (Å²) in [7, 11) is 1.52. The largest absolute Gasteiger partial charge is 0.504 e. The normalized spacial score (nSPS) is 45.7. The Morgan fingerprint density at radius 3 is 2.35 bits per heavy atom. The average molecular weight is 465 g/mol. The second kappa shape index (κ2) is 6.98. The van der Waals surface area contributed by atoms with E-state index in [1.807, 2.05) is 6.92 Å². The molecule has 0 unspecified atom stereocenters. The molecule has 1 N–H and O–H groups in total. The van der Waals surface area contributed by atoms with Gasteiger partial charge in [-0.25, -0.2) is 0 Å². The van der Waals surface area contributed by atoms with E-state index in [0.29, 0.717) is 11.5 Å². The zero-order valence-electron chi connectivity index (χ0n) is 21.9. The average Bonchev–Trinajstić information content (AvgIpc) is 2.80. The van der Waals surface area contributed by atoms with Gasteiger partial charge in [0.15, 0.2) is 5.76 Å². The highest BCUT2D eigenvalue weighted by Gasteiger charge is 2.67. The molecule has 34 heavy (non-hydrogen) atoms. The van der Waals surface area contributed by atoms with Gasteiger partial charge < -0.3 is 9.84 Å². The highest BCUT2D eigenvalue weighted by Crippen LogP contribution is 2.75. The number of carbonyl (C=O) groups excluding carboxylic acids is 2. The Bertz CT molecular complexity index is 1120. The number of aliphatic hydroxyl groups excluding tert-OH is 1. The maximum absolute atomic E-state index is 12.8. The van der Waals surface area contributed by atoms with Crippen molar-refractivity contribution in [3.63, 3.8) is 0 Å². The van der Waals surface area contributed by atoms with E-state index in [1.54, 1.807) is 6.08 Å². The molecular formula is C30H40O4. The van der Waals surface area contributed by atoms with Crippen LogP contribution in [0, 0.1) is 33.0 Å². The van der Waals surface area contributed by atoms with Crippen LogP contribution in [0.5, 0.6) is 0 Å². The molecule has 4 nitrogen and oxygen atoms in total. The highest BCUT2D eigenvalue weighted by atomic mass is 16.5. The van der Waals surface area contributed by atoms with Crippen molar-refractivity contribution in [1.82, 2.24) is 0 Å². The first-order chi connectivity index (χ1) is 15.8. The number of fused-ring (bicyclic) bond motifs is 7. The van der Waals surface area contributed by atoms with Gasteiger partial charge in [0.25, 0.3) is 0 Å². The lowest BCUT2D eigenvalue weighted by Crippen LogP contribution is -2.62. The van der Waals surface area contributed by atoms with Gasteiger partial charge in [-0.05, 0) is 98.2 Å². The second-order valence-electron chi connectivity index (χ2n) is 13.1. The molecule has 0 amide bonds. The first-order valence-electron chi connectivity index (χ1n) is 12.9. The Kier molecular flexibility index (Phi) is 4.85. The molecule has 0 radical (unpaired) electrons. The number of esters is 1. The number of aliphatic hydroxyl groups is 1. The van der Waals surface area contributed by atoms with Crippen LogP contribution in [0.25, 0.3) is 0 Å². The maximum Gasteiger partial charge on any atom is 0.311 e. The third-order valence-electron chi connectivity index (χ3n) is 11.6. The van der Waals surface area contributed by atoms with Crippen LogP contribution in [0.3, 0.4) is 0 Å². The topological polar surface area (TPSA) is 63.6 Å². The minimum atomic E-state index is -0.424. The molecule has 0 saturated heterocycles. The molecule has 5 aliphatic rings. The Hall–Kier alpha value is -2.10. The number of hydrogen-bond acceptors (Lipinski definition) is 4. The van der Waals surface area contributed by atoms with Crippen molar-refractivity contribution in [2.24, 2.45) is 33.0 Å². The molecule has 6 atom stereocenters. The van der Waals surface area contributed by atoms with Gasteiger partial charge >= 0.3 is 5.97 Å². The van der Waals surface area contributed by atoms with Gasteiger partial charge in [-0.15, -0.1) is 0 Å². The molecule has 5 aliphatic carbocycles. The molecule has 0 bridgehead atoms. The summed E-state index contributed by atoms with van der Waals surface area (Å²) in [5.74, 6) is -0.0356. The summed E-state index contributed by atoms with van der Waals surface area (Å²) in [4.78, 5) is 25.5. The van der Waals surface area contributed by atoms with Crippen LogP contribution in [0.1, 0.15) is 86.5 Å². The Morgan fingerprint density at radius 1 is 1.00 bits per heavy atom. The van der Waals surface area contributed by atoms with Gasteiger partial charge in [0, 0.05) is 11.0 Å². The van der Waals surface area contributed by atoms with Crippen LogP contribution in [0.2, 0.25) is 0 Å². The van der Waals surface area contributed by atoms with Gasteiger partial charge in [-0.3, -0.25) is 9.59 Å². The summed E-state index contributed by atoms with van der Waals surface area (Å²) >= 11 is 0. The minimum absolute atomic E-state index is 0.0262. The lowest BCUT2D eigenvalue weighted by Gasteiger charge is -2.70. The monoisotopic (exact) mass is 464 g/mol. The molecule has 0 aromatic heterocycles. The van der Waals surface area contributed by atoms with E-state index in [4.69, 9.17) is 4.74 Å². The van der Waals surface area contributed by atoms with Crippen molar-refractivity contribution in [3.05, 3.63) is 46.3 Å². The van der Waals surface area contributed by atoms with Gasteiger partial charge in [0.2, 0.25) is 5.78 Å². The summed E-state index contributed by atoms with van der Waals surface area (Å²) in [5.41, 5.74) is 3.82. The highest BCUT2D eigenvalue weighted by molar-refractivity contribution is 6.06. The summed E-state index contributed by atoms with van der Waals surface area (Å²) in [5, 5.41) is 10.3. The Morgan fingerprint density at radius 2 is 1.68 bits per heavy atom. The van der Waals surface area contributed by atoms with E-state index in [0.717, 1.165) is 56.1 Å². The fraction of sp³-hybridized carbons (Fsp3) is 0.667. The van der Waals surface area contributed by atoms with Crippen LogP contribution >= 0.6 is 0 Å². The summed E-state index contributed by atoms with van der Waals surface area (Å²) in [6, 6.07) is 0. The van der Waals surface area contributed by atoms with Crippen molar-refractivity contribution < 1.29 is 19.4 Å². The van der Waals surface area contributed by atoms with Crippen molar-refractivity contribution in [3.8, 4) is 0 Å². The van der Waals surface area contributed by atoms with Crippen LogP contribution in [0.15, 0.2) is 46.3 Å². The zero-order valence-corrected chi connectivity index (χ0v) is 21.9. The Labute approximate surface area is 204 Å². The molecule has 0 heterocycles. The molecule has 0 aromatic rings. The van der Waals surface area contributed by atoms with E-state index in [-0.39, 0.29) is 39.2 Å². The summed E-state index contributed by atoms with van der Waals surface area (Å²) < 4.78 is 5.27. The van der Waals surface area contributed by atoms with Crippen LogP contribution in [-0.4, -0.2) is 24.0 Å². The van der Waals surface area contributed by atoms with E-state index in [2.05, 4.69) is 46.8 Å². The molecule has 0 aromatic carbocycles. The third-order valence-corrected chi connectivity index (χ3v) is 11.6. The van der Waals surface area contributed by atoms with Gasteiger partial charge in [-0.2, -0.15) is 0 Å². The molecule has 3 saturated carbocycles. The van der Waals surface area contributed by atoms with E-state index in [1.165, 1.54) is 12.7 Å². The third kappa shape index (κ3) is 2.72. The van der Waals surface area contributed by atoms with Crippen molar-refractivity contribution in [1.29, 1.82) is 0 Å². The minimum Gasteiger partial charge on any atom is -0.504 e. The Balaban J connectivity index is 1.63. The smallest absolute Gasteiger partial charge is 0.311 e. The van der Waals surface area contributed by atoms with Crippen molar-refractivity contribution >= 4 is 11.8 Å². The number of hydrogen-bond donors (Lipinski definition) is 1. The van der Waals surface area contributed by atoms with E-state index in [9.17, 15) is 14.7 Å². The quantitative estimate of drug-likeness (QED) is 0.434. The standard InChI is InChI=1S/C30H40O4/c1-18-19-8-9-22-28(4,20(19)16-21(31)24(18)32)13-15-30(6)23-17-27(3,25(33)34-7)11-10-26(23,2)12-14-29(22,30)5/h8-9,16,23,32H,10-15,17H2,1-7H3/t23-,26-,27+,28+,29-,30+/m1/s1. The lowest BCUT2D eigenvalue weighted by molar-refractivity contribution is -0.180. The number of carbonyl (C=O) groups is 2. The van der Waals surface area contributed by atoms with Crippen LogP contribution in [0.4, 0.5) is 0 Å². The first-order valence-corrected chi connectivity index (χ1v) is 12.9. The number of ether oxygens (including phenoxy) is 1. The van der Waals surface area contributed by atoms with E-state index >= 15 is 0 Å². The second-order valence-corrected chi connectivity index (χ2v) is 13.1. The van der Waals surface area contributed by atoms with Crippen LogP contribution < -0.4 is 0 Å². The number of rotatable bonds is 1. The lowest BCUT2D eigenvalue weighted by atomic mass is 9.34. The fourth-order valence-electron chi connectivity index (χ4n) is 8.89. The van der Waals surface area contributed by atoms with Crippen LogP contribution in [-0.2, 0) is 14.3 Å². The fourth-order valence-corrected chi connectivity index (χ4v) is 8.89.